The van der Waals surface area contributed by atoms with Crippen molar-refractivity contribution in [1.29, 1.82) is 0 Å². The lowest BCUT2D eigenvalue weighted by atomic mass is 10.1. The van der Waals surface area contributed by atoms with E-state index < -0.39 is 0 Å². The van der Waals surface area contributed by atoms with Gasteiger partial charge in [0.15, 0.2) is 0 Å². The molecule has 4 nitrogen and oxygen atoms in total. The molecule has 0 saturated carbocycles. The summed E-state index contributed by atoms with van der Waals surface area (Å²) in [4.78, 5) is 13.5. The molecule has 1 fully saturated rings. The molecule has 0 aromatic rings. The number of rotatable bonds is 5. The topological polar surface area (TPSA) is 41.6 Å². The monoisotopic (exact) mass is 250 g/mol. The zero-order valence-corrected chi connectivity index (χ0v) is 11.0. The van der Waals surface area contributed by atoms with Crippen LogP contribution in [0.25, 0.3) is 0 Å². The first-order valence-corrected chi connectivity index (χ1v) is 5.79. The van der Waals surface area contributed by atoms with Gasteiger partial charge in [0.2, 0.25) is 5.91 Å². The van der Waals surface area contributed by atoms with E-state index in [0.717, 1.165) is 32.4 Å². The van der Waals surface area contributed by atoms with Gasteiger partial charge in [-0.25, -0.2) is 0 Å². The minimum Gasteiger partial charge on any atom is -0.372 e. The lowest BCUT2D eigenvalue weighted by Crippen LogP contribution is -2.45. The van der Waals surface area contributed by atoms with E-state index in [2.05, 4.69) is 5.32 Å². The molecule has 1 saturated heterocycles. The Kier molecular flexibility index (Phi) is 8.61. The van der Waals surface area contributed by atoms with Crippen LogP contribution < -0.4 is 5.32 Å². The van der Waals surface area contributed by atoms with Gasteiger partial charge in [-0.3, -0.25) is 4.79 Å². The van der Waals surface area contributed by atoms with Crippen LogP contribution in [-0.4, -0.2) is 50.2 Å². The summed E-state index contributed by atoms with van der Waals surface area (Å²) >= 11 is 0. The van der Waals surface area contributed by atoms with Crippen molar-refractivity contribution < 1.29 is 9.53 Å². The van der Waals surface area contributed by atoms with Crippen molar-refractivity contribution in [2.45, 2.75) is 32.2 Å². The largest absolute Gasteiger partial charge is 0.372 e. The van der Waals surface area contributed by atoms with E-state index in [-0.39, 0.29) is 24.9 Å². The van der Waals surface area contributed by atoms with Crippen molar-refractivity contribution in [2.75, 3.05) is 33.4 Å². The molecule has 16 heavy (non-hydrogen) atoms. The zero-order valence-electron chi connectivity index (χ0n) is 10.2. The van der Waals surface area contributed by atoms with Gasteiger partial charge < -0.3 is 15.0 Å². The molecule has 1 heterocycles. The van der Waals surface area contributed by atoms with Crippen LogP contribution in [0.5, 0.6) is 0 Å². The molecular weight excluding hydrogens is 228 g/mol. The number of carbonyl (C=O) groups is 1. The van der Waals surface area contributed by atoms with Crippen molar-refractivity contribution in [2.24, 2.45) is 0 Å². The summed E-state index contributed by atoms with van der Waals surface area (Å²) in [6.45, 7) is 4.97. The fourth-order valence-electron chi connectivity index (χ4n) is 1.80. The van der Waals surface area contributed by atoms with Crippen molar-refractivity contribution in [3.63, 3.8) is 0 Å². The number of likely N-dealkylation sites (N-methyl/N-ethyl adjacent to an activating group) is 1. The van der Waals surface area contributed by atoms with Crippen LogP contribution in [0.2, 0.25) is 0 Å². The Morgan fingerprint density at radius 2 is 2.06 bits per heavy atom. The van der Waals surface area contributed by atoms with E-state index in [1.165, 1.54) is 0 Å². The first kappa shape index (κ1) is 15.7. The maximum atomic E-state index is 11.7. The minimum atomic E-state index is 0. The number of hydrogen-bond acceptors (Lipinski definition) is 3. The first-order chi connectivity index (χ1) is 7.25. The van der Waals surface area contributed by atoms with Crippen molar-refractivity contribution >= 4 is 18.3 Å². The summed E-state index contributed by atoms with van der Waals surface area (Å²) < 4.78 is 5.25. The molecule has 1 amide bonds. The molecule has 1 N–H and O–H groups in total. The number of halogens is 1. The lowest BCUT2D eigenvalue weighted by Gasteiger charge is -2.31. The fraction of sp³-hybridized carbons (Fsp3) is 0.909. The summed E-state index contributed by atoms with van der Waals surface area (Å²) in [5.41, 5.74) is 0. The molecule has 1 aliphatic rings. The Bertz CT molecular complexity index is 196. The maximum Gasteiger partial charge on any atom is 0.248 e. The van der Waals surface area contributed by atoms with Crippen molar-refractivity contribution in [3.05, 3.63) is 0 Å². The van der Waals surface area contributed by atoms with Crippen LogP contribution in [-0.2, 0) is 9.53 Å². The smallest absolute Gasteiger partial charge is 0.248 e. The van der Waals surface area contributed by atoms with Gasteiger partial charge in [0, 0.05) is 19.7 Å². The molecule has 1 rings (SSSR count). The SMILES string of the molecule is CCCOCC(=O)N(C)C1CCNCC1.Cl. The number of nitrogens with zero attached hydrogens (tertiary/aromatic N) is 1. The van der Waals surface area contributed by atoms with Crippen LogP contribution in [0, 0.1) is 0 Å². The third kappa shape index (κ3) is 5.14. The Balaban J connectivity index is 0.00000225. The van der Waals surface area contributed by atoms with E-state index in [9.17, 15) is 4.79 Å². The quantitative estimate of drug-likeness (QED) is 0.742. The Morgan fingerprint density at radius 3 is 2.62 bits per heavy atom. The van der Waals surface area contributed by atoms with E-state index in [4.69, 9.17) is 4.74 Å². The Morgan fingerprint density at radius 1 is 1.44 bits per heavy atom. The van der Waals surface area contributed by atoms with Crippen molar-refractivity contribution in [1.82, 2.24) is 10.2 Å². The average molecular weight is 251 g/mol. The fourth-order valence-corrected chi connectivity index (χ4v) is 1.80. The molecular formula is C11H23ClN2O2. The highest BCUT2D eigenvalue weighted by Gasteiger charge is 2.21. The van der Waals surface area contributed by atoms with Gasteiger partial charge >= 0.3 is 0 Å². The minimum absolute atomic E-state index is 0. The molecule has 0 aromatic heterocycles. The van der Waals surface area contributed by atoms with Gasteiger partial charge in [-0.1, -0.05) is 6.92 Å². The zero-order chi connectivity index (χ0) is 11.1. The summed E-state index contributed by atoms with van der Waals surface area (Å²) in [6, 6.07) is 0.393. The summed E-state index contributed by atoms with van der Waals surface area (Å²) in [6.07, 6.45) is 3.07. The second-order valence-corrected chi connectivity index (χ2v) is 4.04. The van der Waals surface area contributed by atoms with Crippen LogP contribution in [0.4, 0.5) is 0 Å². The Labute approximate surface area is 104 Å². The number of piperidine rings is 1. The molecule has 0 spiro atoms. The van der Waals surface area contributed by atoms with E-state index in [1.807, 2.05) is 18.9 Å². The third-order valence-corrected chi connectivity index (χ3v) is 2.82. The van der Waals surface area contributed by atoms with Crippen LogP contribution in [0.1, 0.15) is 26.2 Å². The van der Waals surface area contributed by atoms with E-state index >= 15 is 0 Å². The van der Waals surface area contributed by atoms with E-state index in [1.54, 1.807) is 0 Å². The molecule has 5 heteroatoms. The molecule has 0 unspecified atom stereocenters. The number of ether oxygens (including phenoxy) is 1. The van der Waals surface area contributed by atoms with Gasteiger partial charge in [-0.2, -0.15) is 0 Å². The molecule has 0 aromatic carbocycles. The van der Waals surface area contributed by atoms with Crippen LogP contribution in [0.3, 0.4) is 0 Å². The van der Waals surface area contributed by atoms with Gasteiger partial charge in [0.25, 0.3) is 0 Å². The highest BCUT2D eigenvalue weighted by molar-refractivity contribution is 5.85. The molecule has 96 valence electrons. The van der Waals surface area contributed by atoms with Gasteiger partial charge in [0.1, 0.15) is 6.61 Å². The number of amides is 1. The number of nitrogens with one attached hydrogen (secondary N) is 1. The third-order valence-electron chi connectivity index (χ3n) is 2.82. The normalized spacial score (nSPS) is 16.6. The molecule has 0 aliphatic carbocycles. The van der Waals surface area contributed by atoms with Gasteiger partial charge in [0.05, 0.1) is 0 Å². The average Bonchev–Trinajstić information content (AvgIpc) is 2.29. The van der Waals surface area contributed by atoms with E-state index in [0.29, 0.717) is 12.6 Å². The second-order valence-electron chi connectivity index (χ2n) is 4.04. The highest BCUT2D eigenvalue weighted by atomic mass is 35.5. The number of hydrogen-bond donors (Lipinski definition) is 1. The molecule has 0 radical (unpaired) electrons. The van der Waals surface area contributed by atoms with Crippen LogP contribution >= 0.6 is 12.4 Å². The molecule has 0 bridgehead atoms. The first-order valence-electron chi connectivity index (χ1n) is 5.79. The second kappa shape index (κ2) is 8.79. The van der Waals surface area contributed by atoms with Gasteiger partial charge in [-0.05, 0) is 32.4 Å². The Hall–Kier alpha value is -0.320. The lowest BCUT2D eigenvalue weighted by molar-refractivity contribution is -0.137. The summed E-state index contributed by atoms with van der Waals surface area (Å²) in [5, 5.41) is 3.29. The summed E-state index contributed by atoms with van der Waals surface area (Å²) in [5.74, 6) is 0.107. The maximum absolute atomic E-state index is 11.7. The highest BCUT2D eigenvalue weighted by Crippen LogP contribution is 2.09. The summed E-state index contributed by atoms with van der Waals surface area (Å²) in [7, 11) is 1.88. The molecule has 0 atom stereocenters. The molecule has 1 aliphatic heterocycles. The van der Waals surface area contributed by atoms with Crippen molar-refractivity contribution in [3.8, 4) is 0 Å². The standard InChI is InChI=1S/C11H22N2O2.ClH/c1-3-8-15-9-11(14)13(2)10-4-6-12-7-5-10;/h10,12H,3-9H2,1-2H3;1H. The predicted octanol–water partition coefficient (Wildman–Crippen LogP) is 1.05. The number of carbonyl (C=O) groups excluding carboxylic acids is 1. The van der Waals surface area contributed by atoms with Crippen LogP contribution in [0.15, 0.2) is 0 Å². The predicted molar refractivity (Wildman–Crippen MR) is 67.0 cm³/mol. The van der Waals surface area contributed by atoms with Gasteiger partial charge in [-0.15, -0.1) is 12.4 Å².